The molecule has 1 aliphatic carbocycles. The highest BCUT2D eigenvalue weighted by atomic mass is 15.0. The molecule has 0 fully saturated rings. The van der Waals surface area contributed by atoms with E-state index in [1.807, 2.05) is 0 Å². The fraction of sp³-hybridized carbons (Fsp3) is 0.0169. The van der Waals surface area contributed by atoms with Gasteiger partial charge in [0.1, 0.15) is 0 Å². The summed E-state index contributed by atoms with van der Waals surface area (Å²) in [5, 5.41) is 7.46. The molecule has 13 rings (SSSR count). The van der Waals surface area contributed by atoms with Crippen molar-refractivity contribution < 1.29 is 0 Å². The highest BCUT2D eigenvalue weighted by Crippen LogP contribution is 2.57. The zero-order chi connectivity index (χ0) is 40.1. The minimum atomic E-state index is -0.461. The Kier molecular flexibility index (Phi) is 7.26. The Balaban J connectivity index is 1.04. The molecule has 0 N–H and O–H groups in total. The van der Waals surface area contributed by atoms with Crippen LogP contribution in [-0.4, -0.2) is 9.13 Å². The van der Waals surface area contributed by atoms with Crippen molar-refractivity contribution in [1.82, 2.24) is 9.13 Å². The fourth-order valence-corrected chi connectivity index (χ4v) is 10.9. The highest BCUT2D eigenvalue weighted by molar-refractivity contribution is 6.13. The zero-order valence-electron chi connectivity index (χ0n) is 33.3. The second kappa shape index (κ2) is 13.0. The third-order valence-corrected chi connectivity index (χ3v) is 13.4. The van der Waals surface area contributed by atoms with E-state index in [1.165, 1.54) is 105 Å². The summed E-state index contributed by atoms with van der Waals surface area (Å²) in [6, 6.07) is 85.4. The molecule has 2 heteroatoms. The first kappa shape index (κ1) is 34.0. The summed E-state index contributed by atoms with van der Waals surface area (Å²) in [4.78, 5) is 0. The predicted molar refractivity (Wildman–Crippen MR) is 255 cm³/mol. The Morgan fingerprint density at radius 3 is 1.43 bits per heavy atom. The second-order valence-electron chi connectivity index (χ2n) is 16.4. The molecule has 10 aromatic carbocycles. The van der Waals surface area contributed by atoms with Gasteiger partial charge in [0, 0.05) is 32.6 Å². The Hall–Kier alpha value is -7.94. The van der Waals surface area contributed by atoms with Crippen LogP contribution in [0.1, 0.15) is 22.3 Å². The summed E-state index contributed by atoms with van der Waals surface area (Å²) in [6.07, 6.45) is 0. The number of para-hydroxylation sites is 3. The average Bonchev–Trinajstić information content (AvgIpc) is 3.95. The molecule has 0 unspecified atom stereocenters. The first-order valence-corrected chi connectivity index (χ1v) is 21.2. The van der Waals surface area contributed by atoms with E-state index < -0.39 is 5.41 Å². The molecule has 2 aromatic heterocycles. The van der Waals surface area contributed by atoms with Gasteiger partial charge < -0.3 is 9.13 Å². The van der Waals surface area contributed by atoms with Gasteiger partial charge in [0.2, 0.25) is 0 Å². The van der Waals surface area contributed by atoms with Crippen LogP contribution in [0.4, 0.5) is 0 Å². The van der Waals surface area contributed by atoms with Gasteiger partial charge in [-0.2, -0.15) is 0 Å². The molecule has 0 amide bonds. The molecular formula is C59H38N2. The van der Waals surface area contributed by atoms with Crippen LogP contribution >= 0.6 is 0 Å². The Morgan fingerprint density at radius 2 is 0.770 bits per heavy atom. The van der Waals surface area contributed by atoms with Gasteiger partial charge in [0.25, 0.3) is 0 Å². The standard InChI is InChI=1S/C59H38N2/c1-3-17-40(18-4-1)59(41-19-5-2-6-20-41)52-27-13-9-22-45(52)46-33-31-39(37-53(46)59)43-35-36-57(47-23-8-7-21-44(43)47)61-56-30-16-12-26-50(56)51-34-32-42(38-58(51)61)60-54-28-14-10-24-48(54)49-25-11-15-29-55(49)60/h1-38H. The molecule has 2 heterocycles. The fourth-order valence-electron chi connectivity index (χ4n) is 10.9. The van der Waals surface area contributed by atoms with Crippen molar-refractivity contribution in [3.63, 3.8) is 0 Å². The van der Waals surface area contributed by atoms with E-state index in [0.717, 1.165) is 5.69 Å². The normalized spacial score (nSPS) is 13.0. The lowest BCUT2D eigenvalue weighted by Crippen LogP contribution is -2.28. The van der Waals surface area contributed by atoms with Crippen molar-refractivity contribution in [2.24, 2.45) is 0 Å². The maximum Gasteiger partial charge on any atom is 0.0713 e. The lowest BCUT2D eigenvalue weighted by Gasteiger charge is -2.34. The van der Waals surface area contributed by atoms with Crippen LogP contribution in [0.25, 0.3) is 88.0 Å². The number of rotatable bonds is 5. The van der Waals surface area contributed by atoms with Crippen molar-refractivity contribution in [3.05, 3.63) is 253 Å². The first-order chi connectivity index (χ1) is 30.3. The maximum absolute atomic E-state index is 2.49. The van der Waals surface area contributed by atoms with Crippen molar-refractivity contribution in [1.29, 1.82) is 0 Å². The summed E-state index contributed by atoms with van der Waals surface area (Å²) in [7, 11) is 0. The van der Waals surface area contributed by atoms with E-state index in [2.05, 4.69) is 240 Å². The van der Waals surface area contributed by atoms with Gasteiger partial charge in [0.15, 0.2) is 0 Å². The summed E-state index contributed by atoms with van der Waals surface area (Å²) in [6.45, 7) is 0. The van der Waals surface area contributed by atoms with Crippen LogP contribution in [0, 0.1) is 0 Å². The van der Waals surface area contributed by atoms with Gasteiger partial charge in [-0.05, 0) is 92.4 Å². The van der Waals surface area contributed by atoms with Gasteiger partial charge in [-0.3, -0.25) is 0 Å². The van der Waals surface area contributed by atoms with E-state index in [9.17, 15) is 0 Å². The van der Waals surface area contributed by atoms with Crippen LogP contribution < -0.4 is 0 Å². The third-order valence-electron chi connectivity index (χ3n) is 13.4. The number of hydrogen-bond acceptors (Lipinski definition) is 0. The Bertz CT molecular complexity index is 3610. The maximum atomic E-state index is 2.49. The molecule has 0 saturated carbocycles. The van der Waals surface area contributed by atoms with Gasteiger partial charge in [0.05, 0.1) is 33.2 Å². The first-order valence-electron chi connectivity index (χ1n) is 21.2. The second-order valence-corrected chi connectivity index (χ2v) is 16.4. The third kappa shape index (κ3) is 4.73. The SMILES string of the molecule is c1ccc(C2(c3ccccc3)c3ccccc3-c3ccc(-c4ccc(-n5c6ccccc6c6ccc(-n7c8ccccc8c8ccccc87)cc65)c5ccccc45)cc32)cc1. The number of aromatic nitrogens is 2. The van der Waals surface area contributed by atoms with Gasteiger partial charge in [-0.15, -0.1) is 0 Å². The Labute approximate surface area is 353 Å². The van der Waals surface area contributed by atoms with Crippen LogP contribution in [0.3, 0.4) is 0 Å². The lowest BCUT2D eigenvalue weighted by molar-refractivity contribution is 0.769. The molecule has 61 heavy (non-hydrogen) atoms. The summed E-state index contributed by atoms with van der Waals surface area (Å²) < 4.78 is 4.91. The quantitative estimate of drug-likeness (QED) is 0.165. The van der Waals surface area contributed by atoms with Gasteiger partial charge in [-0.1, -0.05) is 188 Å². The van der Waals surface area contributed by atoms with Crippen LogP contribution in [0.15, 0.2) is 231 Å². The highest BCUT2D eigenvalue weighted by Gasteiger charge is 2.46. The van der Waals surface area contributed by atoms with Crippen LogP contribution in [0.5, 0.6) is 0 Å². The molecule has 284 valence electrons. The smallest absolute Gasteiger partial charge is 0.0713 e. The summed E-state index contributed by atoms with van der Waals surface area (Å²) >= 11 is 0. The summed E-state index contributed by atoms with van der Waals surface area (Å²) in [5.74, 6) is 0. The minimum absolute atomic E-state index is 0.461. The minimum Gasteiger partial charge on any atom is -0.309 e. The van der Waals surface area contributed by atoms with E-state index >= 15 is 0 Å². The molecule has 0 bridgehead atoms. The molecule has 0 aliphatic heterocycles. The number of fused-ring (bicyclic) bond motifs is 10. The average molecular weight is 775 g/mol. The summed E-state index contributed by atoms with van der Waals surface area (Å²) in [5.41, 5.74) is 16.9. The lowest BCUT2D eigenvalue weighted by atomic mass is 9.67. The molecule has 1 aliphatic rings. The molecule has 0 spiro atoms. The van der Waals surface area contributed by atoms with Crippen molar-refractivity contribution in [2.75, 3.05) is 0 Å². The van der Waals surface area contributed by atoms with E-state index in [1.54, 1.807) is 0 Å². The Morgan fingerprint density at radius 1 is 0.279 bits per heavy atom. The van der Waals surface area contributed by atoms with E-state index in [0.29, 0.717) is 0 Å². The molecule has 0 atom stereocenters. The van der Waals surface area contributed by atoms with E-state index in [-0.39, 0.29) is 0 Å². The number of nitrogens with zero attached hydrogens (tertiary/aromatic N) is 2. The largest absolute Gasteiger partial charge is 0.309 e. The zero-order valence-corrected chi connectivity index (χ0v) is 33.3. The molecule has 2 nitrogen and oxygen atoms in total. The molecule has 0 radical (unpaired) electrons. The molecule has 0 saturated heterocycles. The topological polar surface area (TPSA) is 9.86 Å². The van der Waals surface area contributed by atoms with Crippen molar-refractivity contribution in [3.8, 4) is 33.6 Å². The van der Waals surface area contributed by atoms with Crippen LogP contribution in [-0.2, 0) is 5.41 Å². The van der Waals surface area contributed by atoms with E-state index in [4.69, 9.17) is 0 Å². The van der Waals surface area contributed by atoms with Crippen molar-refractivity contribution >= 4 is 54.4 Å². The predicted octanol–water partition coefficient (Wildman–Crippen LogP) is 15.1. The van der Waals surface area contributed by atoms with Gasteiger partial charge in [-0.25, -0.2) is 0 Å². The van der Waals surface area contributed by atoms with Crippen LogP contribution in [0.2, 0.25) is 0 Å². The van der Waals surface area contributed by atoms with Crippen molar-refractivity contribution in [2.45, 2.75) is 5.41 Å². The van der Waals surface area contributed by atoms with Gasteiger partial charge >= 0.3 is 0 Å². The molecule has 12 aromatic rings. The molecular weight excluding hydrogens is 737 g/mol. The monoisotopic (exact) mass is 774 g/mol. The number of benzene rings is 10. The number of hydrogen-bond donors (Lipinski definition) is 0.